The van der Waals surface area contributed by atoms with Gasteiger partial charge in [0, 0.05) is 18.3 Å². The Balaban J connectivity index is 2.30. The lowest BCUT2D eigenvalue weighted by Gasteiger charge is -2.34. The summed E-state index contributed by atoms with van der Waals surface area (Å²) in [5, 5.41) is 3.44. The van der Waals surface area contributed by atoms with E-state index in [1.807, 2.05) is 11.8 Å². The van der Waals surface area contributed by atoms with Crippen LogP contribution in [-0.4, -0.2) is 49.1 Å². The van der Waals surface area contributed by atoms with Gasteiger partial charge in [-0.1, -0.05) is 6.92 Å². The standard InChI is InChI=1S/C11H24N2S/c1-3-8-13(9-10-14-2)11-4-6-12-7-5-11/h11-12H,3-10H2,1-2H3. The Bertz CT molecular complexity index is 135. The van der Waals surface area contributed by atoms with Crippen LogP contribution in [0.25, 0.3) is 0 Å². The molecule has 1 heterocycles. The number of nitrogens with one attached hydrogen (secondary N) is 1. The molecule has 1 fully saturated rings. The van der Waals surface area contributed by atoms with Crippen LogP contribution in [0.4, 0.5) is 0 Å². The van der Waals surface area contributed by atoms with E-state index in [0.717, 1.165) is 6.04 Å². The highest BCUT2D eigenvalue weighted by atomic mass is 32.2. The zero-order valence-corrected chi connectivity index (χ0v) is 10.4. The van der Waals surface area contributed by atoms with Crippen molar-refractivity contribution in [1.82, 2.24) is 10.2 Å². The van der Waals surface area contributed by atoms with Gasteiger partial charge in [-0.05, 0) is 45.2 Å². The van der Waals surface area contributed by atoms with E-state index >= 15 is 0 Å². The third-order valence-corrected chi connectivity index (χ3v) is 3.51. The van der Waals surface area contributed by atoms with Gasteiger partial charge in [0.1, 0.15) is 0 Å². The van der Waals surface area contributed by atoms with Gasteiger partial charge < -0.3 is 5.32 Å². The van der Waals surface area contributed by atoms with E-state index in [1.165, 1.54) is 51.2 Å². The molecule has 0 aliphatic carbocycles. The minimum atomic E-state index is 0.850. The van der Waals surface area contributed by atoms with Gasteiger partial charge in [0.25, 0.3) is 0 Å². The van der Waals surface area contributed by atoms with E-state index < -0.39 is 0 Å². The monoisotopic (exact) mass is 216 g/mol. The average molecular weight is 216 g/mol. The number of nitrogens with zero attached hydrogens (tertiary/aromatic N) is 1. The summed E-state index contributed by atoms with van der Waals surface area (Å²) in [5.41, 5.74) is 0. The quantitative estimate of drug-likeness (QED) is 0.729. The molecule has 0 aromatic heterocycles. The number of hydrogen-bond donors (Lipinski definition) is 1. The summed E-state index contributed by atoms with van der Waals surface area (Å²) in [6.45, 7) is 7.27. The van der Waals surface area contributed by atoms with Crippen LogP contribution in [0.15, 0.2) is 0 Å². The maximum absolute atomic E-state index is 3.44. The Labute approximate surface area is 92.8 Å². The maximum Gasteiger partial charge on any atom is 0.0120 e. The number of rotatable bonds is 6. The number of hydrogen-bond acceptors (Lipinski definition) is 3. The van der Waals surface area contributed by atoms with Crippen LogP contribution in [0, 0.1) is 0 Å². The molecule has 0 amide bonds. The Kier molecular flexibility index (Phi) is 6.65. The lowest BCUT2D eigenvalue weighted by atomic mass is 10.0. The first-order chi connectivity index (χ1) is 6.88. The minimum absolute atomic E-state index is 0.850. The van der Waals surface area contributed by atoms with E-state index in [2.05, 4.69) is 23.4 Å². The van der Waals surface area contributed by atoms with Gasteiger partial charge in [-0.25, -0.2) is 0 Å². The van der Waals surface area contributed by atoms with E-state index in [1.54, 1.807) is 0 Å². The van der Waals surface area contributed by atoms with Crippen LogP contribution in [0.2, 0.25) is 0 Å². The predicted molar refractivity (Wildman–Crippen MR) is 66.1 cm³/mol. The molecular weight excluding hydrogens is 192 g/mol. The third kappa shape index (κ3) is 4.20. The van der Waals surface area contributed by atoms with Crippen molar-refractivity contribution in [3.63, 3.8) is 0 Å². The first kappa shape index (κ1) is 12.3. The van der Waals surface area contributed by atoms with Gasteiger partial charge in [-0.2, -0.15) is 11.8 Å². The zero-order valence-electron chi connectivity index (χ0n) is 9.59. The topological polar surface area (TPSA) is 15.3 Å². The average Bonchev–Trinajstić information content (AvgIpc) is 2.25. The van der Waals surface area contributed by atoms with Gasteiger partial charge in [0.05, 0.1) is 0 Å². The highest BCUT2D eigenvalue weighted by molar-refractivity contribution is 7.98. The predicted octanol–water partition coefficient (Wildman–Crippen LogP) is 1.81. The highest BCUT2D eigenvalue weighted by Crippen LogP contribution is 2.12. The summed E-state index contributed by atoms with van der Waals surface area (Å²) in [7, 11) is 0. The second-order valence-electron chi connectivity index (χ2n) is 4.01. The molecule has 0 saturated carbocycles. The fraction of sp³-hybridized carbons (Fsp3) is 1.00. The third-order valence-electron chi connectivity index (χ3n) is 2.92. The highest BCUT2D eigenvalue weighted by Gasteiger charge is 2.19. The van der Waals surface area contributed by atoms with E-state index in [4.69, 9.17) is 0 Å². The lowest BCUT2D eigenvalue weighted by molar-refractivity contribution is 0.172. The fourth-order valence-corrected chi connectivity index (χ4v) is 2.56. The zero-order chi connectivity index (χ0) is 10.2. The van der Waals surface area contributed by atoms with Gasteiger partial charge in [-0.15, -0.1) is 0 Å². The summed E-state index contributed by atoms with van der Waals surface area (Å²) in [6.07, 6.45) is 6.17. The molecule has 0 bridgehead atoms. The molecule has 0 radical (unpaired) electrons. The van der Waals surface area contributed by atoms with Crippen molar-refractivity contribution >= 4 is 11.8 Å². The molecule has 0 atom stereocenters. The van der Waals surface area contributed by atoms with Gasteiger partial charge >= 0.3 is 0 Å². The van der Waals surface area contributed by atoms with Crippen molar-refractivity contribution in [2.45, 2.75) is 32.2 Å². The number of thioether (sulfide) groups is 1. The molecule has 0 spiro atoms. The van der Waals surface area contributed by atoms with Crippen LogP contribution < -0.4 is 5.32 Å². The molecule has 0 aromatic rings. The van der Waals surface area contributed by atoms with Crippen LogP contribution in [0.1, 0.15) is 26.2 Å². The van der Waals surface area contributed by atoms with Crippen molar-refractivity contribution in [2.24, 2.45) is 0 Å². The molecule has 2 nitrogen and oxygen atoms in total. The van der Waals surface area contributed by atoms with Gasteiger partial charge in [-0.3, -0.25) is 4.90 Å². The van der Waals surface area contributed by atoms with Gasteiger partial charge in [0.15, 0.2) is 0 Å². The molecule has 3 heteroatoms. The van der Waals surface area contributed by atoms with Crippen molar-refractivity contribution in [2.75, 3.05) is 38.2 Å². The van der Waals surface area contributed by atoms with Crippen molar-refractivity contribution in [1.29, 1.82) is 0 Å². The summed E-state index contributed by atoms with van der Waals surface area (Å²) < 4.78 is 0. The molecule has 1 rings (SSSR count). The van der Waals surface area contributed by atoms with Crippen molar-refractivity contribution in [3.05, 3.63) is 0 Å². The van der Waals surface area contributed by atoms with Crippen molar-refractivity contribution < 1.29 is 0 Å². The smallest absolute Gasteiger partial charge is 0.0120 e. The molecule has 84 valence electrons. The van der Waals surface area contributed by atoms with E-state index in [0.29, 0.717) is 0 Å². The molecule has 1 saturated heterocycles. The fourth-order valence-electron chi connectivity index (χ4n) is 2.14. The Hall–Kier alpha value is 0.270. The SMILES string of the molecule is CCCN(CCSC)C1CCNCC1. The van der Waals surface area contributed by atoms with Crippen molar-refractivity contribution in [3.8, 4) is 0 Å². The Morgan fingerprint density at radius 3 is 2.57 bits per heavy atom. The largest absolute Gasteiger partial charge is 0.317 e. The van der Waals surface area contributed by atoms with Crippen LogP contribution in [-0.2, 0) is 0 Å². The minimum Gasteiger partial charge on any atom is -0.317 e. The molecule has 1 N–H and O–H groups in total. The molecule has 1 aliphatic heterocycles. The van der Waals surface area contributed by atoms with Crippen LogP contribution in [0.3, 0.4) is 0 Å². The normalized spacial score (nSPS) is 19.1. The number of piperidine rings is 1. The first-order valence-corrected chi connectivity index (χ1v) is 7.21. The van der Waals surface area contributed by atoms with Crippen LogP contribution in [0.5, 0.6) is 0 Å². The molecule has 14 heavy (non-hydrogen) atoms. The first-order valence-electron chi connectivity index (χ1n) is 5.82. The Morgan fingerprint density at radius 2 is 2.00 bits per heavy atom. The molecule has 0 aromatic carbocycles. The second kappa shape index (κ2) is 7.55. The van der Waals surface area contributed by atoms with E-state index in [9.17, 15) is 0 Å². The molecular formula is C11H24N2S. The van der Waals surface area contributed by atoms with Gasteiger partial charge in [0.2, 0.25) is 0 Å². The lowest BCUT2D eigenvalue weighted by Crippen LogP contribution is -2.44. The maximum atomic E-state index is 3.44. The van der Waals surface area contributed by atoms with Crippen LogP contribution >= 0.6 is 11.8 Å². The molecule has 0 unspecified atom stereocenters. The second-order valence-corrected chi connectivity index (χ2v) is 5.00. The Morgan fingerprint density at radius 1 is 1.29 bits per heavy atom. The summed E-state index contributed by atoms with van der Waals surface area (Å²) in [5.74, 6) is 1.28. The van der Waals surface area contributed by atoms with E-state index in [-0.39, 0.29) is 0 Å². The summed E-state index contributed by atoms with van der Waals surface area (Å²) in [4.78, 5) is 2.69. The summed E-state index contributed by atoms with van der Waals surface area (Å²) >= 11 is 1.96. The summed E-state index contributed by atoms with van der Waals surface area (Å²) in [6, 6.07) is 0.850. The molecule has 1 aliphatic rings.